The summed E-state index contributed by atoms with van der Waals surface area (Å²) in [6, 6.07) is 7.22. The van der Waals surface area contributed by atoms with Gasteiger partial charge in [-0.2, -0.15) is 0 Å². The lowest BCUT2D eigenvalue weighted by molar-refractivity contribution is -0.154. The van der Waals surface area contributed by atoms with E-state index in [4.69, 9.17) is 4.74 Å². The first kappa shape index (κ1) is 17.7. The van der Waals surface area contributed by atoms with E-state index in [-0.39, 0.29) is 35.5 Å². The molecule has 2 aliphatic carbocycles. The van der Waals surface area contributed by atoms with E-state index in [1.54, 1.807) is 12.1 Å². The van der Waals surface area contributed by atoms with E-state index >= 15 is 0 Å². The molecule has 1 saturated heterocycles. The van der Waals surface area contributed by atoms with Crippen molar-refractivity contribution in [2.24, 2.45) is 23.7 Å². The van der Waals surface area contributed by atoms with Crippen LogP contribution in [0.25, 0.3) is 0 Å². The molecule has 27 heavy (non-hydrogen) atoms. The van der Waals surface area contributed by atoms with Crippen molar-refractivity contribution in [3.05, 3.63) is 29.8 Å². The number of hydrogen-bond donors (Lipinski definition) is 1. The molecule has 1 N–H and O–H groups in total. The number of hydrogen-bond acceptors (Lipinski definition) is 5. The van der Waals surface area contributed by atoms with Gasteiger partial charge in [0.15, 0.2) is 6.61 Å². The second kappa shape index (κ2) is 6.79. The molecule has 4 rings (SSSR count). The lowest BCUT2D eigenvalue weighted by atomic mass is 9.81. The summed E-state index contributed by atoms with van der Waals surface area (Å²) in [4.78, 5) is 50.1. The number of imide groups is 1. The van der Waals surface area contributed by atoms with Crippen LogP contribution >= 0.6 is 0 Å². The minimum atomic E-state index is -0.747. The number of benzene rings is 1. The molecular weight excluding hydrogens is 348 g/mol. The van der Waals surface area contributed by atoms with Crippen molar-refractivity contribution in [3.8, 4) is 0 Å². The van der Waals surface area contributed by atoms with Crippen molar-refractivity contribution in [1.82, 2.24) is 4.90 Å². The maximum absolute atomic E-state index is 12.5. The quantitative estimate of drug-likeness (QED) is 0.626. The molecule has 7 heteroatoms. The van der Waals surface area contributed by atoms with E-state index in [0.717, 1.165) is 29.7 Å². The van der Waals surface area contributed by atoms with Gasteiger partial charge >= 0.3 is 5.97 Å². The van der Waals surface area contributed by atoms with E-state index in [2.05, 4.69) is 5.32 Å². The van der Waals surface area contributed by atoms with Gasteiger partial charge in [0.25, 0.3) is 5.91 Å². The Bertz CT molecular complexity index is 775. The second-order valence-electron chi connectivity index (χ2n) is 7.72. The second-order valence-corrected chi connectivity index (χ2v) is 7.72. The van der Waals surface area contributed by atoms with Gasteiger partial charge in [-0.1, -0.05) is 17.7 Å². The van der Waals surface area contributed by atoms with Crippen LogP contribution in [0.3, 0.4) is 0 Å². The first-order valence-corrected chi connectivity index (χ1v) is 9.31. The van der Waals surface area contributed by atoms with Gasteiger partial charge in [-0.05, 0) is 50.2 Å². The van der Waals surface area contributed by atoms with Crippen molar-refractivity contribution in [3.63, 3.8) is 0 Å². The van der Waals surface area contributed by atoms with Crippen molar-refractivity contribution in [2.75, 3.05) is 18.5 Å². The maximum Gasteiger partial charge on any atom is 0.326 e. The van der Waals surface area contributed by atoms with Gasteiger partial charge in [0.05, 0.1) is 11.8 Å². The molecule has 0 aromatic heterocycles. The molecule has 7 nitrogen and oxygen atoms in total. The fraction of sp³-hybridized carbons (Fsp3) is 0.500. The number of fused-ring (bicyclic) bond motifs is 5. The lowest BCUT2D eigenvalue weighted by Crippen LogP contribution is -2.38. The van der Waals surface area contributed by atoms with E-state index < -0.39 is 25.0 Å². The van der Waals surface area contributed by atoms with Gasteiger partial charge in [0.2, 0.25) is 11.8 Å². The Morgan fingerprint density at radius 1 is 1.07 bits per heavy atom. The van der Waals surface area contributed by atoms with Crippen LogP contribution in [-0.2, 0) is 23.9 Å². The third kappa shape index (κ3) is 3.22. The minimum absolute atomic E-state index is 0.252. The Balaban J connectivity index is 1.28. The fourth-order valence-electron chi connectivity index (χ4n) is 4.78. The first-order chi connectivity index (χ1) is 12.9. The Morgan fingerprint density at radius 2 is 1.67 bits per heavy atom. The standard InChI is InChI=1S/C20H22N2O5/c1-11-2-6-14(7-3-11)21-15(23)10-27-16(24)9-22-19(25)17-12-4-5-13(8-12)18(17)20(22)26/h2-3,6-7,12-13,17-18H,4-5,8-10H2,1H3,(H,21,23)/t12-,13-,17-,18-/m0/s1. The summed E-state index contributed by atoms with van der Waals surface area (Å²) < 4.78 is 4.95. The molecule has 2 saturated carbocycles. The summed E-state index contributed by atoms with van der Waals surface area (Å²) in [5.74, 6) is -1.68. The van der Waals surface area contributed by atoms with Crippen LogP contribution in [0.15, 0.2) is 24.3 Å². The molecule has 0 radical (unpaired) electrons. The number of aryl methyl sites for hydroxylation is 1. The highest BCUT2D eigenvalue weighted by Gasteiger charge is 2.61. The molecule has 3 fully saturated rings. The van der Waals surface area contributed by atoms with Gasteiger partial charge in [-0.15, -0.1) is 0 Å². The zero-order valence-corrected chi connectivity index (χ0v) is 15.1. The largest absolute Gasteiger partial charge is 0.454 e. The molecule has 2 bridgehead atoms. The summed E-state index contributed by atoms with van der Waals surface area (Å²) in [5.41, 5.74) is 1.67. The van der Waals surface area contributed by atoms with Gasteiger partial charge in [-0.3, -0.25) is 24.1 Å². The summed E-state index contributed by atoms with van der Waals surface area (Å²) in [6.07, 6.45) is 2.93. The molecule has 142 valence electrons. The fourth-order valence-corrected chi connectivity index (χ4v) is 4.78. The number of anilines is 1. The SMILES string of the molecule is Cc1ccc(NC(=O)COC(=O)CN2C(=O)[C@H]3[C@H]4CC[C@@H](C4)[C@@H]3C2=O)cc1. The normalized spacial score (nSPS) is 28.4. The van der Waals surface area contributed by atoms with Gasteiger partial charge in [0, 0.05) is 5.69 Å². The van der Waals surface area contributed by atoms with E-state index in [0.29, 0.717) is 5.69 Å². The molecule has 1 aromatic rings. The first-order valence-electron chi connectivity index (χ1n) is 9.31. The molecule has 1 heterocycles. The number of esters is 1. The number of nitrogens with zero attached hydrogens (tertiary/aromatic N) is 1. The number of likely N-dealkylation sites (tertiary alicyclic amines) is 1. The van der Waals surface area contributed by atoms with Crippen molar-refractivity contribution in [1.29, 1.82) is 0 Å². The summed E-state index contributed by atoms with van der Waals surface area (Å²) in [7, 11) is 0. The average Bonchev–Trinajstić information content (AvgIpc) is 3.32. The van der Waals surface area contributed by atoms with Crippen LogP contribution in [0, 0.1) is 30.6 Å². The highest BCUT2D eigenvalue weighted by molar-refractivity contribution is 6.07. The van der Waals surface area contributed by atoms with Crippen LogP contribution in [0.2, 0.25) is 0 Å². The minimum Gasteiger partial charge on any atom is -0.454 e. The monoisotopic (exact) mass is 370 g/mol. The molecule has 1 aromatic carbocycles. The lowest BCUT2D eigenvalue weighted by Gasteiger charge is -2.19. The molecule has 0 unspecified atom stereocenters. The van der Waals surface area contributed by atoms with Crippen molar-refractivity contribution in [2.45, 2.75) is 26.2 Å². The van der Waals surface area contributed by atoms with Gasteiger partial charge in [-0.25, -0.2) is 0 Å². The zero-order chi connectivity index (χ0) is 19.1. The summed E-state index contributed by atoms with van der Waals surface area (Å²) in [5, 5.41) is 2.62. The van der Waals surface area contributed by atoms with Crippen LogP contribution in [-0.4, -0.2) is 41.7 Å². The summed E-state index contributed by atoms with van der Waals surface area (Å²) in [6.45, 7) is 1.07. The highest BCUT2D eigenvalue weighted by Crippen LogP contribution is 2.56. The molecule has 4 atom stereocenters. The third-order valence-corrected chi connectivity index (χ3v) is 6.01. The highest BCUT2D eigenvalue weighted by atomic mass is 16.5. The molecule has 3 amide bonds. The van der Waals surface area contributed by atoms with Gasteiger partial charge in [0.1, 0.15) is 6.54 Å². The summed E-state index contributed by atoms with van der Waals surface area (Å²) >= 11 is 0. The Morgan fingerprint density at radius 3 is 2.26 bits per heavy atom. The molecule has 1 aliphatic heterocycles. The van der Waals surface area contributed by atoms with Crippen LogP contribution in [0.5, 0.6) is 0 Å². The topological polar surface area (TPSA) is 92.8 Å². The van der Waals surface area contributed by atoms with E-state index in [1.165, 1.54) is 0 Å². The number of nitrogens with one attached hydrogen (secondary N) is 1. The van der Waals surface area contributed by atoms with E-state index in [9.17, 15) is 19.2 Å². The average molecular weight is 370 g/mol. The number of ether oxygens (including phenoxy) is 1. The van der Waals surface area contributed by atoms with Crippen molar-refractivity contribution < 1.29 is 23.9 Å². The van der Waals surface area contributed by atoms with Gasteiger partial charge < -0.3 is 10.1 Å². The predicted octanol–water partition coefficient (Wildman–Crippen LogP) is 1.51. The predicted molar refractivity (Wildman–Crippen MR) is 95.3 cm³/mol. The number of rotatable bonds is 5. The van der Waals surface area contributed by atoms with Crippen LogP contribution in [0.1, 0.15) is 24.8 Å². The third-order valence-electron chi connectivity index (χ3n) is 6.01. The maximum atomic E-state index is 12.5. The van der Waals surface area contributed by atoms with E-state index in [1.807, 2.05) is 19.1 Å². The Kier molecular flexibility index (Phi) is 4.45. The molecule has 0 spiro atoms. The van der Waals surface area contributed by atoms with Crippen molar-refractivity contribution >= 4 is 29.4 Å². The molecular formula is C20H22N2O5. The zero-order valence-electron chi connectivity index (χ0n) is 15.1. The van der Waals surface area contributed by atoms with Crippen LogP contribution < -0.4 is 5.32 Å². The number of carbonyl (C=O) groups is 4. The number of carbonyl (C=O) groups excluding carboxylic acids is 4. The molecule has 3 aliphatic rings. The van der Waals surface area contributed by atoms with Crippen LogP contribution in [0.4, 0.5) is 5.69 Å². The smallest absolute Gasteiger partial charge is 0.326 e. The Labute approximate surface area is 157 Å². The number of amides is 3. The Hall–Kier alpha value is -2.70.